The molecule has 0 amide bonds. The Labute approximate surface area is 77.9 Å². The summed E-state index contributed by atoms with van der Waals surface area (Å²) in [6, 6.07) is 0.588. The first kappa shape index (κ1) is 10.2. The molecule has 0 saturated carbocycles. The predicted molar refractivity (Wildman–Crippen MR) is 40.1 cm³/mol. The Bertz CT molecular complexity index is 141. The number of quaternary nitrogens is 1. The first-order valence-corrected chi connectivity index (χ1v) is 3.27. The average molecular weight is 172 g/mol. The molecule has 0 aliphatic heterocycles. The van der Waals surface area contributed by atoms with Gasteiger partial charge < -0.3 is 4.48 Å². The Morgan fingerprint density at radius 1 is 1.00 bits per heavy atom. The smallest absolute Gasteiger partial charge is 0.126 e. The van der Waals surface area contributed by atoms with E-state index in [1.165, 1.54) is 0 Å². The van der Waals surface area contributed by atoms with Gasteiger partial charge in [-0.15, -0.1) is 0 Å². The molecule has 0 bridgehead atoms. The predicted octanol–water partition coefficient (Wildman–Crippen LogP) is 1.18. The zero-order chi connectivity index (χ0) is 6.91. The molecule has 0 aromatic heterocycles. The Hall–Kier alpha value is 0.154. The topological polar surface area (TPSA) is 0 Å². The zero-order valence-corrected chi connectivity index (χ0v) is 8.40. The third-order valence-corrected chi connectivity index (χ3v) is 1.62. The minimum atomic E-state index is 0. The summed E-state index contributed by atoms with van der Waals surface area (Å²) in [7, 11) is 6.60. The van der Waals surface area contributed by atoms with Crippen LogP contribution in [0.4, 0.5) is 0 Å². The molecule has 0 N–H and O–H groups in total. The first-order valence-electron chi connectivity index (χ1n) is 3.27. The maximum atomic E-state index is 2.22. The van der Waals surface area contributed by atoms with Crippen molar-refractivity contribution >= 4 is 0 Å². The van der Waals surface area contributed by atoms with Gasteiger partial charge in [-0.1, -0.05) is 12.2 Å². The number of nitrogens with zero attached hydrogens (tertiary/aromatic N) is 1. The van der Waals surface area contributed by atoms with Crippen LogP contribution in [0, 0.1) is 0 Å². The monoisotopic (exact) mass is 172 g/mol. The van der Waals surface area contributed by atoms with Gasteiger partial charge in [-0.3, -0.25) is 0 Å². The number of likely N-dealkylation sites (N-methyl/N-ethyl adjacent to an activating group) is 1. The van der Waals surface area contributed by atoms with Gasteiger partial charge >= 0.3 is 0 Å². The van der Waals surface area contributed by atoms with Gasteiger partial charge in [-0.05, 0) is 12.2 Å². The maximum absolute atomic E-state index is 2.22. The molecule has 1 rings (SSSR count). The molecule has 1 nitrogen and oxygen atoms in total. The standard InChI is InChI=1S/C8H14N.Ti/c1-9(2,3)8-6-4-5-7-8;/h4-8H,1-3H3;/q+1;. The molecule has 0 heterocycles. The van der Waals surface area contributed by atoms with E-state index in [0.29, 0.717) is 6.04 Å². The quantitative estimate of drug-likeness (QED) is 0.411. The Morgan fingerprint density at radius 3 is 1.60 bits per heavy atom. The Morgan fingerprint density at radius 2 is 1.40 bits per heavy atom. The molecule has 0 atom stereocenters. The third kappa shape index (κ3) is 2.41. The van der Waals surface area contributed by atoms with E-state index < -0.39 is 0 Å². The van der Waals surface area contributed by atoms with Crippen molar-refractivity contribution in [1.29, 1.82) is 0 Å². The molecule has 2 heteroatoms. The van der Waals surface area contributed by atoms with Crippen LogP contribution in [0.25, 0.3) is 0 Å². The third-order valence-electron chi connectivity index (χ3n) is 1.62. The summed E-state index contributed by atoms with van der Waals surface area (Å²) in [4.78, 5) is 0. The zero-order valence-electron chi connectivity index (χ0n) is 6.83. The molecular weight excluding hydrogens is 158 g/mol. The van der Waals surface area contributed by atoms with Crippen LogP contribution in [0.1, 0.15) is 0 Å². The van der Waals surface area contributed by atoms with Gasteiger partial charge in [0, 0.05) is 21.7 Å². The fourth-order valence-corrected chi connectivity index (χ4v) is 0.937. The first-order chi connectivity index (χ1) is 4.11. The van der Waals surface area contributed by atoms with Crippen LogP contribution in [0.5, 0.6) is 0 Å². The van der Waals surface area contributed by atoms with E-state index in [1.54, 1.807) is 0 Å². The van der Waals surface area contributed by atoms with E-state index in [2.05, 4.69) is 45.4 Å². The van der Waals surface area contributed by atoms with Gasteiger partial charge in [0.05, 0.1) is 21.1 Å². The van der Waals surface area contributed by atoms with Gasteiger partial charge in [0.2, 0.25) is 0 Å². The number of hydrogen-bond acceptors (Lipinski definition) is 0. The summed E-state index contributed by atoms with van der Waals surface area (Å²) in [6.45, 7) is 0. The summed E-state index contributed by atoms with van der Waals surface area (Å²) in [5.74, 6) is 0. The molecular formula is C8H14NTi+. The van der Waals surface area contributed by atoms with Gasteiger partial charge in [-0.2, -0.15) is 0 Å². The minimum Gasteiger partial charge on any atom is -0.322 e. The summed E-state index contributed by atoms with van der Waals surface area (Å²) >= 11 is 0. The van der Waals surface area contributed by atoms with Crippen LogP contribution >= 0.6 is 0 Å². The fraction of sp³-hybridized carbons (Fsp3) is 0.500. The summed E-state index contributed by atoms with van der Waals surface area (Å²) in [5, 5.41) is 0. The van der Waals surface area contributed by atoms with Crippen molar-refractivity contribution in [2.45, 2.75) is 6.04 Å². The minimum absolute atomic E-state index is 0. The van der Waals surface area contributed by atoms with Crippen LogP contribution in [0.3, 0.4) is 0 Å². The molecule has 1 aliphatic rings. The second-order valence-electron chi connectivity index (χ2n) is 3.38. The largest absolute Gasteiger partial charge is 0.322 e. The van der Waals surface area contributed by atoms with E-state index >= 15 is 0 Å². The Kier molecular flexibility index (Phi) is 3.57. The molecule has 1 aliphatic carbocycles. The molecule has 54 valence electrons. The normalized spacial score (nSPS) is 17.5. The number of rotatable bonds is 1. The Balaban J connectivity index is 0.000000810. The number of hydrogen-bond donors (Lipinski definition) is 0. The molecule has 0 aromatic rings. The molecule has 0 unspecified atom stereocenters. The molecule has 0 saturated heterocycles. The maximum Gasteiger partial charge on any atom is 0.126 e. The number of allylic oxidation sites excluding steroid dienone is 2. The van der Waals surface area contributed by atoms with Gasteiger partial charge in [0.1, 0.15) is 6.04 Å². The SMILES string of the molecule is C[N+](C)(C)C1C=CC=C1.[Ti]. The van der Waals surface area contributed by atoms with Gasteiger partial charge in [-0.25, -0.2) is 0 Å². The van der Waals surface area contributed by atoms with Crippen LogP contribution in [0.2, 0.25) is 0 Å². The average Bonchev–Trinajstić information content (AvgIpc) is 2.08. The van der Waals surface area contributed by atoms with Gasteiger partial charge in [0.15, 0.2) is 0 Å². The van der Waals surface area contributed by atoms with Crippen LogP contribution in [0.15, 0.2) is 24.3 Å². The molecule has 10 heavy (non-hydrogen) atoms. The van der Waals surface area contributed by atoms with E-state index in [4.69, 9.17) is 0 Å². The molecule has 0 spiro atoms. The van der Waals surface area contributed by atoms with Crippen LogP contribution in [-0.4, -0.2) is 31.7 Å². The van der Waals surface area contributed by atoms with Crippen LogP contribution in [-0.2, 0) is 21.7 Å². The van der Waals surface area contributed by atoms with Crippen molar-refractivity contribution < 1.29 is 26.2 Å². The summed E-state index contributed by atoms with van der Waals surface area (Å²) in [6.07, 6.45) is 8.66. The van der Waals surface area contributed by atoms with Crippen molar-refractivity contribution in [2.75, 3.05) is 21.1 Å². The molecule has 0 fully saturated rings. The summed E-state index contributed by atoms with van der Waals surface area (Å²) in [5.41, 5.74) is 0. The van der Waals surface area contributed by atoms with Crippen molar-refractivity contribution in [3.63, 3.8) is 0 Å². The van der Waals surface area contributed by atoms with Crippen LogP contribution < -0.4 is 0 Å². The van der Waals surface area contributed by atoms with Gasteiger partial charge in [0.25, 0.3) is 0 Å². The van der Waals surface area contributed by atoms with E-state index in [1.807, 2.05) is 0 Å². The van der Waals surface area contributed by atoms with Crippen molar-refractivity contribution in [1.82, 2.24) is 0 Å². The molecule has 0 aromatic carbocycles. The van der Waals surface area contributed by atoms with Crippen molar-refractivity contribution in [3.8, 4) is 0 Å². The molecule has 0 radical (unpaired) electrons. The second kappa shape index (κ2) is 3.52. The van der Waals surface area contributed by atoms with E-state index in [9.17, 15) is 0 Å². The second-order valence-corrected chi connectivity index (χ2v) is 3.38. The summed E-state index contributed by atoms with van der Waals surface area (Å²) < 4.78 is 0.993. The van der Waals surface area contributed by atoms with E-state index in [-0.39, 0.29) is 21.7 Å². The van der Waals surface area contributed by atoms with Crippen molar-refractivity contribution in [3.05, 3.63) is 24.3 Å². The van der Waals surface area contributed by atoms with Crippen molar-refractivity contribution in [2.24, 2.45) is 0 Å². The van der Waals surface area contributed by atoms with E-state index in [0.717, 1.165) is 4.48 Å². The fourth-order valence-electron chi connectivity index (χ4n) is 0.937.